The number of benzene rings is 1. The van der Waals surface area contributed by atoms with Crippen molar-refractivity contribution in [3.63, 3.8) is 0 Å². The van der Waals surface area contributed by atoms with E-state index in [1.54, 1.807) is 12.1 Å². The molecule has 0 fully saturated rings. The van der Waals surface area contributed by atoms with E-state index in [1.165, 1.54) is 30.7 Å². The second-order valence-electron chi connectivity index (χ2n) is 3.20. The van der Waals surface area contributed by atoms with Gasteiger partial charge in [-0.2, -0.15) is 4.73 Å². The Morgan fingerprint density at radius 1 is 1.27 bits per heavy atom. The third kappa shape index (κ3) is 2.28. The summed E-state index contributed by atoms with van der Waals surface area (Å²) in [6.07, 6.45) is 4.74. The number of hydrogen-bond acceptors (Lipinski definition) is 2. The van der Waals surface area contributed by atoms with E-state index in [0.29, 0.717) is 12.1 Å². The lowest BCUT2D eigenvalue weighted by Gasteiger charge is -2.02. The molecule has 0 unspecified atom stereocenters. The number of aromatic nitrogens is 2. The first-order valence-electron chi connectivity index (χ1n) is 4.52. The van der Waals surface area contributed by atoms with Crippen LogP contribution in [-0.2, 0) is 6.42 Å². The zero-order valence-electron chi connectivity index (χ0n) is 7.93. The molecule has 3 nitrogen and oxygen atoms in total. The molecule has 1 heterocycles. The lowest BCUT2D eigenvalue weighted by Crippen LogP contribution is -2.31. The van der Waals surface area contributed by atoms with Crippen molar-refractivity contribution in [1.29, 1.82) is 0 Å². The van der Waals surface area contributed by atoms with Crippen LogP contribution in [0.2, 0.25) is 0 Å². The SMILES string of the molecule is [O-][n+]1ccncc1Cc1ccc(F)cc1. The summed E-state index contributed by atoms with van der Waals surface area (Å²) in [5, 5.41) is 11.3. The summed E-state index contributed by atoms with van der Waals surface area (Å²) >= 11 is 0. The Bertz CT molecular complexity index is 456. The van der Waals surface area contributed by atoms with E-state index in [9.17, 15) is 9.60 Å². The highest BCUT2D eigenvalue weighted by Crippen LogP contribution is 2.06. The molecule has 0 aliphatic rings. The summed E-state index contributed by atoms with van der Waals surface area (Å²) in [7, 11) is 0. The molecule has 0 aliphatic carbocycles. The number of hydrogen-bond donors (Lipinski definition) is 0. The van der Waals surface area contributed by atoms with Crippen molar-refractivity contribution in [2.24, 2.45) is 0 Å². The minimum atomic E-state index is -0.278. The second kappa shape index (κ2) is 4.04. The summed E-state index contributed by atoms with van der Waals surface area (Å²) in [6.45, 7) is 0. The highest BCUT2D eigenvalue weighted by molar-refractivity contribution is 5.19. The first kappa shape index (κ1) is 9.58. The van der Waals surface area contributed by atoms with Crippen LogP contribution in [0, 0.1) is 11.0 Å². The third-order valence-electron chi connectivity index (χ3n) is 2.09. The maximum atomic E-state index is 12.6. The van der Waals surface area contributed by atoms with E-state index >= 15 is 0 Å². The predicted octanol–water partition coefficient (Wildman–Crippen LogP) is 1.44. The molecule has 2 aromatic rings. The van der Waals surface area contributed by atoms with Crippen LogP contribution in [0.15, 0.2) is 42.9 Å². The Hall–Kier alpha value is -1.97. The van der Waals surface area contributed by atoms with Gasteiger partial charge in [0.15, 0.2) is 6.20 Å². The average Bonchev–Trinajstić information content (AvgIpc) is 2.25. The van der Waals surface area contributed by atoms with Gasteiger partial charge in [0.1, 0.15) is 5.82 Å². The lowest BCUT2D eigenvalue weighted by atomic mass is 10.1. The van der Waals surface area contributed by atoms with Crippen molar-refractivity contribution in [3.05, 3.63) is 65.1 Å². The van der Waals surface area contributed by atoms with Crippen LogP contribution < -0.4 is 4.73 Å². The van der Waals surface area contributed by atoms with Crippen LogP contribution in [0.25, 0.3) is 0 Å². The Labute approximate surface area is 86.4 Å². The lowest BCUT2D eigenvalue weighted by molar-refractivity contribution is -0.614. The number of halogens is 1. The van der Waals surface area contributed by atoms with Crippen molar-refractivity contribution >= 4 is 0 Å². The molecule has 0 aliphatic heterocycles. The van der Waals surface area contributed by atoms with Crippen molar-refractivity contribution in [3.8, 4) is 0 Å². The van der Waals surface area contributed by atoms with E-state index in [2.05, 4.69) is 4.98 Å². The molecule has 0 spiro atoms. The number of nitrogens with zero attached hydrogens (tertiary/aromatic N) is 2. The van der Waals surface area contributed by atoms with Crippen LogP contribution in [0.4, 0.5) is 4.39 Å². The minimum Gasteiger partial charge on any atom is -0.618 e. The molecule has 0 bridgehead atoms. The van der Waals surface area contributed by atoms with Crippen molar-refractivity contribution < 1.29 is 9.12 Å². The fraction of sp³-hybridized carbons (Fsp3) is 0.0909. The average molecular weight is 204 g/mol. The molecule has 0 amide bonds. The zero-order valence-corrected chi connectivity index (χ0v) is 7.93. The summed E-state index contributed by atoms with van der Waals surface area (Å²) in [5.41, 5.74) is 1.43. The fourth-order valence-electron chi connectivity index (χ4n) is 1.32. The van der Waals surface area contributed by atoms with Gasteiger partial charge in [0.25, 0.3) is 0 Å². The van der Waals surface area contributed by atoms with E-state index in [0.717, 1.165) is 10.3 Å². The van der Waals surface area contributed by atoms with Crippen LogP contribution in [-0.4, -0.2) is 4.98 Å². The Morgan fingerprint density at radius 2 is 2.00 bits per heavy atom. The molecule has 0 saturated heterocycles. The molecule has 0 radical (unpaired) electrons. The van der Waals surface area contributed by atoms with E-state index < -0.39 is 0 Å². The summed E-state index contributed by atoms with van der Waals surface area (Å²) < 4.78 is 13.4. The van der Waals surface area contributed by atoms with Gasteiger partial charge in [-0.1, -0.05) is 12.1 Å². The van der Waals surface area contributed by atoms with Gasteiger partial charge in [0.2, 0.25) is 5.69 Å². The molecular weight excluding hydrogens is 195 g/mol. The van der Waals surface area contributed by atoms with Crippen molar-refractivity contribution in [1.82, 2.24) is 4.98 Å². The second-order valence-corrected chi connectivity index (χ2v) is 3.20. The summed E-state index contributed by atoms with van der Waals surface area (Å²) in [6, 6.07) is 6.06. The van der Waals surface area contributed by atoms with Crippen molar-refractivity contribution in [2.75, 3.05) is 0 Å². The topological polar surface area (TPSA) is 39.8 Å². The van der Waals surface area contributed by atoms with Crippen LogP contribution in [0.3, 0.4) is 0 Å². The Morgan fingerprint density at radius 3 is 2.67 bits per heavy atom. The summed E-state index contributed by atoms with van der Waals surface area (Å²) in [4.78, 5) is 3.86. The number of rotatable bonds is 2. The molecule has 0 N–H and O–H groups in total. The Kier molecular flexibility index (Phi) is 2.58. The monoisotopic (exact) mass is 204 g/mol. The van der Waals surface area contributed by atoms with Crippen LogP contribution in [0.5, 0.6) is 0 Å². The normalized spacial score (nSPS) is 10.2. The minimum absolute atomic E-state index is 0.278. The molecule has 2 rings (SSSR count). The van der Waals surface area contributed by atoms with Gasteiger partial charge in [0.05, 0.1) is 18.8 Å². The van der Waals surface area contributed by atoms with E-state index in [1.807, 2.05) is 0 Å². The first-order valence-corrected chi connectivity index (χ1v) is 4.52. The molecule has 4 heteroatoms. The van der Waals surface area contributed by atoms with Gasteiger partial charge in [-0.3, -0.25) is 4.98 Å². The molecule has 15 heavy (non-hydrogen) atoms. The molecule has 0 atom stereocenters. The smallest absolute Gasteiger partial charge is 0.215 e. The standard InChI is InChI=1S/C11H9FN2O/c12-10-3-1-9(2-4-10)7-11-8-13-5-6-14(11)15/h1-6,8H,7H2. The van der Waals surface area contributed by atoms with Gasteiger partial charge in [-0.05, 0) is 17.7 Å². The molecule has 76 valence electrons. The van der Waals surface area contributed by atoms with Gasteiger partial charge >= 0.3 is 0 Å². The first-order chi connectivity index (χ1) is 7.25. The van der Waals surface area contributed by atoms with Gasteiger partial charge in [0, 0.05) is 0 Å². The molecule has 1 aromatic heterocycles. The highest BCUT2D eigenvalue weighted by Gasteiger charge is 2.05. The molecule has 1 aromatic carbocycles. The Balaban J connectivity index is 2.22. The fourth-order valence-corrected chi connectivity index (χ4v) is 1.32. The van der Waals surface area contributed by atoms with E-state index in [-0.39, 0.29) is 5.82 Å². The van der Waals surface area contributed by atoms with E-state index in [4.69, 9.17) is 0 Å². The predicted molar refractivity (Wildman–Crippen MR) is 52.4 cm³/mol. The highest BCUT2D eigenvalue weighted by atomic mass is 19.1. The van der Waals surface area contributed by atoms with Gasteiger partial charge < -0.3 is 5.21 Å². The quantitative estimate of drug-likeness (QED) is 0.548. The van der Waals surface area contributed by atoms with Crippen LogP contribution in [0.1, 0.15) is 11.3 Å². The maximum absolute atomic E-state index is 12.6. The maximum Gasteiger partial charge on any atom is 0.215 e. The summed E-state index contributed by atoms with van der Waals surface area (Å²) in [5.74, 6) is -0.278. The van der Waals surface area contributed by atoms with Crippen molar-refractivity contribution in [2.45, 2.75) is 6.42 Å². The van der Waals surface area contributed by atoms with Gasteiger partial charge in [-0.15, -0.1) is 0 Å². The molecule has 0 saturated carbocycles. The zero-order chi connectivity index (χ0) is 10.7. The van der Waals surface area contributed by atoms with Crippen LogP contribution >= 0.6 is 0 Å². The largest absolute Gasteiger partial charge is 0.618 e. The van der Waals surface area contributed by atoms with Gasteiger partial charge in [-0.25, -0.2) is 4.39 Å². The molecular formula is C11H9FN2O. The third-order valence-corrected chi connectivity index (χ3v) is 2.09.